The van der Waals surface area contributed by atoms with Gasteiger partial charge < -0.3 is 4.74 Å². The van der Waals surface area contributed by atoms with Gasteiger partial charge in [0, 0.05) is 12.1 Å². The lowest BCUT2D eigenvalue weighted by Gasteiger charge is -2.09. The van der Waals surface area contributed by atoms with Gasteiger partial charge in [0.2, 0.25) is 0 Å². The summed E-state index contributed by atoms with van der Waals surface area (Å²) >= 11 is 7.88. The predicted molar refractivity (Wildman–Crippen MR) is 48.8 cm³/mol. The van der Waals surface area contributed by atoms with Crippen LogP contribution in [0.4, 0.5) is 13.2 Å². The molecule has 0 radical (unpaired) electrons. The van der Waals surface area contributed by atoms with Gasteiger partial charge in [0.05, 0.1) is 0 Å². The summed E-state index contributed by atoms with van der Waals surface area (Å²) in [6, 6.07) is 1.77. The Morgan fingerprint density at radius 2 is 2.07 bits per heavy atom. The molecular weight excluding hydrogens is 302 g/mol. The topological polar surface area (TPSA) is 39.2 Å². The quantitative estimate of drug-likeness (QED) is 0.622. The zero-order chi connectivity index (χ0) is 11.6. The number of carbonyl (C=O) groups is 1. The van der Waals surface area contributed by atoms with Gasteiger partial charge in [0.15, 0.2) is 0 Å². The Morgan fingerprint density at radius 3 is 2.53 bits per heavy atom. The van der Waals surface area contributed by atoms with Gasteiger partial charge in [0.1, 0.15) is 16.0 Å². The summed E-state index contributed by atoms with van der Waals surface area (Å²) in [7, 11) is 0. The van der Waals surface area contributed by atoms with E-state index in [4.69, 9.17) is 11.6 Å². The second kappa shape index (κ2) is 4.36. The number of rotatable bonds is 2. The molecule has 1 aromatic rings. The van der Waals surface area contributed by atoms with Crippen LogP contribution in [0.5, 0.6) is 5.75 Å². The summed E-state index contributed by atoms with van der Waals surface area (Å²) in [6.45, 7) is 0. The van der Waals surface area contributed by atoms with E-state index in [0.29, 0.717) is 0 Å². The molecule has 0 saturated carbocycles. The van der Waals surface area contributed by atoms with Crippen molar-refractivity contribution in [3.63, 3.8) is 0 Å². The molecule has 3 nitrogen and oxygen atoms in total. The third-order valence-electron chi connectivity index (χ3n) is 1.20. The number of aromatic nitrogens is 1. The van der Waals surface area contributed by atoms with Gasteiger partial charge in [-0.25, -0.2) is 4.98 Å². The molecule has 0 spiro atoms. The minimum absolute atomic E-state index is 0.0215. The average Bonchev–Trinajstić information content (AvgIpc) is 1.99. The maximum absolute atomic E-state index is 11.8. The molecular formula is C7H2BrClF3NO2. The monoisotopic (exact) mass is 303 g/mol. The predicted octanol–water partition coefficient (Wildman–Crippen LogP) is 3.12. The number of halogens is 5. The van der Waals surface area contributed by atoms with Gasteiger partial charge in [-0.3, -0.25) is 4.79 Å². The number of hydrogen-bond acceptors (Lipinski definition) is 3. The smallest absolute Gasteiger partial charge is 0.406 e. The summed E-state index contributed by atoms with van der Waals surface area (Å²) in [5.41, 5.74) is -0.328. The summed E-state index contributed by atoms with van der Waals surface area (Å²) in [6.07, 6.45) is -4.83. The first-order valence-corrected chi connectivity index (χ1v) is 4.58. The van der Waals surface area contributed by atoms with Crippen molar-refractivity contribution in [2.45, 2.75) is 6.36 Å². The number of ether oxygens (including phenoxy) is 1. The molecule has 0 bridgehead atoms. The molecule has 1 rings (SSSR count). The van der Waals surface area contributed by atoms with Crippen LogP contribution in [-0.2, 0) is 0 Å². The van der Waals surface area contributed by atoms with E-state index < -0.39 is 17.4 Å². The highest BCUT2D eigenvalue weighted by atomic mass is 79.9. The van der Waals surface area contributed by atoms with Crippen molar-refractivity contribution in [3.8, 4) is 5.75 Å². The molecule has 0 aliphatic rings. The Balaban J connectivity index is 3.04. The third-order valence-corrected chi connectivity index (χ3v) is 1.80. The molecule has 15 heavy (non-hydrogen) atoms. The van der Waals surface area contributed by atoms with E-state index in [2.05, 4.69) is 25.7 Å². The van der Waals surface area contributed by atoms with Crippen LogP contribution in [0.1, 0.15) is 10.5 Å². The third kappa shape index (κ3) is 4.05. The Bertz CT molecular complexity index is 396. The van der Waals surface area contributed by atoms with E-state index in [1.54, 1.807) is 0 Å². The lowest BCUT2D eigenvalue weighted by molar-refractivity contribution is -0.274. The van der Waals surface area contributed by atoms with Gasteiger partial charge in [-0.2, -0.15) is 0 Å². The SMILES string of the molecule is O=C(Cl)c1cc(OC(F)(F)F)cc(Br)n1. The highest BCUT2D eigenvalue weighted by Crippen LogP contribution is 2.25. The van der Waals surface area contributed by atoms with Gasteiger partial charge in [0.25, 0.3) is 5.24 Å². The fraction of sp³-hybridized carbons (Fsp3) is 0.143. The van der Waals surface area contributed by atoms with Crippen LogP contribution in [0.2, 0.25) is 0 Å². The van der Waals surface area contributed by atoms with Gasteiger partial charge in [-0.1, -0.05) is 0 Å². The van der Waals surface area contributed by atoms with E-state index >= 15 is 0 Å². The Labute approximate surface area is 95.3 Å². The molecule has 0 unspecified atom stereocenters. The van der Waals surface area contributed by atoms with Gasteiger partial charge in [-0.15, -0.1) is 13.2 Å². The summed E-state index contributed by atoms with van der Waals surface area (Å²) in [5, 5.41) is -0.969. The molecule has 0 saturated heterocycles. The lowest BCUT2D eigenvalue weighted by Crippen LogP contribution is -2.17. The van der Waals surface area contributed by atoms with Crippen LogP contribution < -0.4 is 4.74 Å². The number of alkyl halides is 3. The van der Waals surface area contributed by atoms with Crippen molar-refractivity contribution in [1.29, 1.82) is 0 Å². The zero-order valence-corrected chi connectivity index (χ0v) is 9.15. The molecule has 0 aliphatic heterocycles. The van der Waals surface area contributed by atoms with E-state index in [9.17, 15) is 18.0 Å². The maximum atomic E-state index is 11.8. The molecule has 0 fully saturated rings. The molecule has 82 valence electrons. The number of pyridine rings is 1. The summed E-state index contributed by atoms with van der Waals surface area (Å²) < 4.78 is 39.1. The van der Waals surface area contributed by atoms with Crippen molar-refractivity contribution >= 4 is 32.8 Å². The number of carbonyl (C=O) groups excluding carboxylic acids is 1. The second-order valence-electron chi connectivity index (χ2n) is 2.33. The fourth-order valence-electron chi connectivity index (χ4n) is 0.767. The molecule has 1 aromatic heterocycles. The fourth-order valence-corrected chi connectivity index (χ4v) is 1.28. The minimum atomic E-state index is -4.83. The van der Waals surface area contributed by atoms with Crippen LogP contribution in [-0.4, -0.2) is 16.6 Å². The van der Waals surface area contributed by atoms with Crippen molar-refractivity contribution in [1.82, 2.24) is 4.98 Å². The maximum Gasteiger partial charge on any atom is 0.573 e. The molecule has 0 N–H and O–H groups in total. The highest BCUT2D eigenvalue weighted by Gasteiger charge is 2.31. The largest absolute Gasteiger partial charge is 0.573 e. The lowest BCUT2D eigenvalue weighted by atomic mass is 10.3. The zero-order valence-electron chi connectivity index (χ0n) is 6.81. The van der Waals surface area contributed by atoms with Crippen molar-refractivity contribution in [3.05, 3.63) is 22.4 Å². The first kappa shape index (κ1) is 12.3. The average molecular weight is 304 g/mol. The molecule has 8 heteroatoms. The normalized spacial score (nSPS) is 11.3. The van der Waals surface area contributed by atoms with E-state index in [-0.39, 0.29) is 10.3 Å². The highest BCUT2D eigenvalue weighted by molar-refractivity contribution is 9.10. The molecule has 0 aliphatic carbocycles. The Hall–Kier alpha value is -0.820. The van der Waals surface area contributed by atoms with Crippen LogP contribution in [0.3, 0.4) is 0 Å². The van der Waals surface area contributed by atoms with Crippen LogP contribution in [0.25, 0.3) is 0 Å². The molecule has 0 atom stereocenters. The molecule has 0 amide bonds. The van der Waals surface area contributed by atoms with Crippen LogP contribution in [0, 0.1) is 0 Å². The Morgan fingerprint density at radius 1 is 1.47 bits per heavy atom. The summed E-state index contributed by atoms with van der Waals surface area (Å²) in [4.78, 5) is 14.2. The van der Waals surface area contributed by atoms with Crippen LogP contribution in [0.15, 0.2) is 16.7 Å². The van der Waals surface area contributed by atoms with E-state index in [1.807, 2.05) is 0 Å². The first-order chi connectivity index (χ1) is 6.78. The van der Waals surface area contributed by atoms with Gasteiger partial charge >= 0.3 is 6.36 Å². The Kier molecular flexibility index (Phi) is 3.56. The first-order valence-electron chi connectivity index (χ1n) is 3.41. The van der Waals surface area contributed by atoms with E-state index in [0.717, 1.165) is 12.1 Å². The van der Waals surface area contributed by atoms with Crippen LogP contribution >= 0.6 is 27.5 Å². The number of hydrogen-bond donors (Lipinski definition) is 0. The molecule has 0 aromatic carbocycles. The van der Waals surface area contributed by atoms with Crippen molar-refractivity contribution in [2.24, 2.45) is 0 Å². The second-order valence-corrected chi connectivity index (χ2v) is 3.49. The van der Waals surface area contributed by atoms with Crippen molar-refractivity contribution in [2.75, 3.05) is 0 Å². The number of nitrogens with zero attached hydrogens (tertiary/aromatic N) is 1. The minimum Gasteiger partial charge on any atom is -0.406 e. The van der Waals surface area contributed by atoms with Gasteiger partial charge in [-0.05, 0) is 27.5 Å². The van der Waals surface area contributed by atoms with E-state index in [1.165, 1.54) is 0 Å². The van der Waals surface area contributed by atoms with Crippen molar-refractivity contribution < 1.29 is 22.7 Å². The summed E-state index contributed by atoms with van der Waals surface area (Å²) in [5.74, 6) is -0.562. The molecule has 1 heterocycles. The standard InChI is InChI=1S/C7H2BrClF3NO2/c8-5-2-3(15-7(10,11)12)1-4(13-5)6(9)14/h1-2H.